The number of carbonyl (C=O) groups excluding carboxylic acids is 2. The van der Waals surface area contributed by atoms with Crippen molar-refractivity contribution in [1.82, 2.24) is 20.4 Å². The molecule has 1 aliphatic rings. The minimum Gasteiger partial charge on any atom is -0.494 e. The highest BCUT2D eigenvalue weighted by Gasteiger charge is 2.48. The number of halogens is 1. The summed E-state index contributed by atoms with van der Waals surface area (Å²) >= 11 is 0. The lowest BCUT2D eigenvalue weighted by atomic mass is 9.90. The van der Waals surface area contributed by atoms with Crippen LogP contribution in [-0.4, -0.2) is 28.8 Å². The Kier molecular flexibility index (Phi) is 3.72. The number of fused-ring (bicyclic) bond motifs is 1. The van der Waals surface area contributed by atoms with Crippen LogP contribution < -0.4 is 20.9 Å². The van der Waals surface area contributed by atoms with Crippen LogP contribution in [0, 0.1) is 5.82 Å². The first-order chi connectivity index (χ1) is 12.9. The third kappa shape index (κ3) is 2.55. The lowest BCUT2D eigenvalue weighted by Gasteiger charge is -2.26. The number of H-pyrrole nitrogens is 1. The zero-order valence-corrected chi connectivity index (χ0v) is 14.2. The van der Waals surface area contributed by atoms with E-state index in [1.807, 2.05) is 0 Å². The van der Waals surface area contributed by atoms with Gasteiger partial charge in [0, 0.05) is 0 Å². The van der Waals surface area contributed by atoms with Crippen LogP contribution in [-0.2, 0) is 16.9 Å². The zero-order valence-electron chi connectivity index (χ0n) is 14.2. The van der Waals surface area contributed by atoms with E-state index in [2.05, 4.69) is 15.7 Å². The molecule has 2 heterocycles. The van der Waals surface area contributed by atoms with Crippen molar-refractivity contribution in [1.29, 1.82) is 0 Å². The van der Waals surface area contributed by atoms with Crippen LogP contribution in [0.1, 0.15) is 5.56 Å². The fourth-order valence-electron chi connectivity index (χ4n) is 3.31. The van der Waals surface area contributed by atoms with E-state index in [4.69, 9.17) is 4.74 Å². The van der Waals surface area contributed by atoms with E-state index in [1.165, 1.54) is 36.1 Å². The molecule has 1 aromatic heterocycles. The molecule has 3 N–H and O–H groups in total. The summed E-state index contributed by atoms with van der Waals surface area (Å²) in [4.78, 5) is 37.2. The number of urea groups is 1. The Balaban J connectivity index is 1.86. The van der Waals surface area contributed by atoms with Gasteiger partial charge in [-0.1, -0.05) is 18.2 Å². The summed E-state index contributed by atoms with van der Waals surface area (Å²) in [5.41, 5.74) is -1.10. The van der Waals surface area contributed by atoms with E-state index < -0.39 is 23.3 Å². The van der Waals surface area contributed by atoms with Crippen molar-refractivity contribution in [3.05, 3.63) is 64.2 Å². The third-order valence-corrected chi connectivity index (χ3v) is 4.64. The number of aromatic amines is 1. The second-order valence-corrected chi connectivity index (χ2v) is 6.21. The van der Waals surface area contributed by atoms with Gasteiger partial charge in [0.2, 0.25) is 0 Å². The fourth-order valence-corrected chi connectivity index (χ4v) is 3.31. The minimum atomic E-state index is -1.55. The Labute approximate surface area is 151 Å². The predicted octanol–water partition coefficient (Wildman–Crippen LogP) is 1.21. The van der Waals surface area contributed by atoms with Gasteiger partial charge in [0.25, 0.3) is 11.5 Å². The topological polar surface area (TPSA) is 105 Å². The normalized spacial score (nSPS) is 19.2. The van der Waals surface area contributed by atoms with Gasteiger partial charge in [0.15, 0.2) is 5.54 Å². The number of nitrogens with zero attached hydrogens (tertiary/aromatic N) is 1. The van der Waals surface area contributed by atoms with Crippen LogP contribution in [0.2, 0.25) is 0 Å². The number of rotatable bonds is 4. The molecule has 27 heavy (non-hydrogen) atoms. The van der Waals surface area contributed by atoms with Crippen molar-refractivity contribution < 1.29 is 18.7 Å². The zero-order chi connectivity index (χ0) is 19.2. The van der Waals surface area contributed by atoms with Gasteiger partial charge in [-0.05, 0) is 29.8 Å². The number of methoxy groups -OCH3 is 1. The molecule has 0 bridgehead atoms. The highest BCUT2D eigenvalue weighted by molar-refractivity contribution is 6.07. The van der Waals surface area contributed by atoms with E-state index in [1.54, 1.807) is 18.2 Å². The summed E-state index contributed by atoms with van der Waals surface area (Å²) in [6.45, 7) is -0.202. The number of nitrogens with one attached hydrogen (secondary N) is 3. The quantitative estimate of drug-likeness (QED) is 0.601. The van der Waals surface area contributed by atoms with Gasteiger partial charge in [0.1, 0.15) is 17.1 Å². The molecule has 0 saturated carbocycles. The van der Waals surface area contributed by atoms with E-state index in [-0.39, 0.29) is 12.1 Å². The van der Waals surface area contributed by atoms with Gasteiger partial charge in [-0.15, -0.1) is 0 Å². The first-order valence-corrected chi connectivity index (χ1v) is 8.10. The number of carbonyl (C=O) groups is 2. The van der Waals surface area contributed by atoms with Gasteiger partial charge in [-0.2, -0.15) is 0 Å². The number of imide groups is 1. The van der Waals surface area contributed by atoms with Crippen molar-refractivity contribution in [3.8, 4) is 5.75 Å². The molecule has 1 saturated heterocycles. The van der Waals surface area contributed by atoms with Gasteiger partial charge in [0.05, 0.1) is 19.0 Å². The van der Waals surface area contributed by atoms with Gasteiger partial charge >= 0.3 is 6.03 Å². The molecular formula is C18H15FN4O4. The molecule has 0 spiro atoms. The molecular weight excluding hydrogens is 355 g/mol. The van der Waals surface area contributed by atoms with Crippen LogP contribution in [0.25, 0.3) is 10.9 Å². The Bertz CT molecular complexity index is 1120. The maximum absolute atomic E-state index is 13.3. The SMILES string of the molecule is COc1cccc2c(=O)n(CC3(c4ccc(F)cc4)NC(=O)NC3=O)[nH]c12. The number of benzene rings is 2. The maximum atomic E-state index is 13.3. The van der Waals surface area contributed by atoms with E-state index >= 15 is 0 Å². The molecule has 0 aliphatic carbocycles. The molecule has 1 unspecified atom stereocenters. The molecule has 8 nitrogen and oxygen atoms in total. The van der Waals surface area contributed by atoms with Crippen molar-refractivity contribution in [3.63, 3.8) is 0 Å². The number of aromatic nitrogens is 2. The molecule has 3 aromatic rings. The maximum Gasteiger partial charge on any atom is 0.322 e. The van der Waals surface area contributed by atoms with Crippen LogP contribution in [0.15, 0.2) is 47.3 Å². The van der Waals surface area contributed by atoms with Crippen LogP contribution >= 0.6 is 0 Å². The number of hydrogen-bond donors (Lipinski definition) is 3. The van der Waals surface area contributed by atoms with E-state index in [0.29, 0.717) is 22.2 Å². The smallest absolute Gasteiger partial charge is 0.322 e. The first-order valence-electron chi connectivity index (χ1n) is 8.10. The number of amides is 3. The summed E-state index contributed by atoms with van der Waals surface area (Å²) in [7, 11) is 1.48. The van der Waals surface area contributed by atoms with Crippen molar-refractivity contribution >= 4 is 22.8 Å². The van der Waals surface area contributed by atoms with Crippen LogP contribution in [0.4, 0.5) is 9.18 Å². The summed E-state index contributed by atoms with van der Waals surface area (Å²) in [6, 6.07) is 9.49. The third-order valence-electron chi connectivity index (χ3n) is 4.64. The van der Waals surface area contributed by atoms with Crippen LogP contribution in [0.3, 0.4) is 0 Å². The van der Waals surface area contributed by atoms with E-state index in [0.717, 1.165) is 0 Å². The molecule has 2 aromatic carbocycles. The van der Waals surface area contributed by atoms with Crippen LogP contribution in [0.5, 0.6) is 5.75 Å². The molecule has 4 rings (SSSR count). The second-order valence-electron chi connectivity index (χ2n) is 6.21. The molecule has 9 heteroatoms. The van der Waals surface area contributed by atoms with Gasteiger partial charge < -0.3 is 10.1 Å². The lowest BCUT2D eigenvalue weighted by molar-refractivity contribution is -0.124. The minimum absolute atomic E-state index is 0.202. The Morgan fingerprint density at radius 3 is 2.48 bits per heavy atom. The average molecular weight is 370 g/mol. The van der Waals surface area contributed by atoms with Gasteiger partial charge in [-0.25, -0.2) is 13.9 Å². The molecule has 1 atom stereocenters. The summed E-state index contributed by atoms with van der Waals surface area (Å²) < 4.78 is 19.8. The Morgan fingerprint density at radius 2 is 1.85 bits per heavy atom. The Morgan fingerprint density at radius 1 is 1.11 bits per heavy atom. The average Bonchev–Trinajstić information content (AvgIpc) is 3.12. The summed E-state index contributed by atoms with van der Waals surface area (Å²) in [5.74, 6) is -0.637. The highest BCUT2D eigenvalue weighted by atomic mass is 19.1. The number of hydrogen-bond acceptors (Lipinski definition) is 4. The predicted molar refractivity (Wildman–Crippen MR) is 93.9 cm³/mol. The molecule has 3 amide bonds. The molecule has 1 aliphatic heterocycles. The molecule has 138 valence electrons. The first kappa shape index (κ1) is 16.8. The van der Waals surface area contributed by atoms with Crippen molar-refractivity contribution in [2.75, 3.05) is 7.11 Å². The summed E-state index contributed by atoms with van der Waals surface area (Å²) in [6.07, 6.45) is 0. The van der Waals surface area contributed by atoms with Crippen molar-refractivity contribution in [2.24, 2.45) is 0 Å². The number of ether oxygens (including phenoxy) is 1. The highest BCUT2D eigenvalue weighted by Crippen LogP contribution is 2.28. The second kappa shape index (κ2) is 5.97. The van der Waals surface area contributed by atoms with Crippen molar-refractivity contribution in [2.45, 2.75) is 12.1 Å². The molecule has 1 fully saturated rings. The Hall–Kier alpha value is -3.62. The molecule has 0 radical (unpaired) electrons. The van der Waals surface area contributed by atoms with E-state index in [9.17, 15) is 18.8 Å². The number of para-hydroxylation sites is 1. The lowest BCUT2D eigenvalue weighted by Crippen LogP contribution is -2.49. The fraction of sp³-hybridized carbons (Fsp3) is 0.167. The standard InChI is InChI=1S/C18H15FN4O4/c1-27-13-4-2-3-12-14(13)22-23(15(12)24)9-18(16(25)20-17(26)21-18)10-5-7-11(19)8-6-10/h2-8,22H,9H2,1H3,(H2,20,21,25,26). The monoisotopic (exact) mass is 370 g/mol. The van der Waals surface area contributed by atoms with Gasteiger partial charge in [-0.3, -0.25) is 20.0 Å². The largest absolute Gasteiger partial charge is 0.494 e. The summed E-state index contributed by atoms with van der Waals surface area (Å²) in [5, 5.41) is 8.06.